The minimum absolute atomic E-state index is 0.0756. The van der Waals surface area contributed by atoms with Crippen LogP contribution in [0.3, 0.4) is 0 Å². The van der Waals surface area contributed by atoms with Gasteiger partial charge in [0.2, 0.25) is 5.82 Å². The lowest BCUT2D eigenvalue weighted by atomic mass is 9.87. The zero-order valence-electron chi connectivity index (χ0n) is 18.5. The molecule has 0 saturated carbocycles. The molecule has 162 valence electrons. The molecule has 0 aliphatic carbocycles. The maximum atomic E-state index is 9.58. The van der Waals surface area contributed by atoms with Gasteiger partial charge in [-0.05, 0) is 29.8 Å². The van der Waals surface area contributed by atoms with Crippen LogP contribution in [0.25, 0.3) is 11.4 Å². The highest BCUT2D eigenvalue weighted by molar-refractivity contribution is 7.19. The number of aliphatic imine (C=N–C) groups is 1. The van der Waals surface area contributed by atoms with Crippen molar-refractivity contribution in [2.24, 2.45) is 15.5 Å². The molecule has 0 atom stereocenters. The number of hydrogen-bond acceptors (Lipinski definition) is 8. The van der Waals surface area contributed by atoms with Crippen molar-refractivity contribution in [2.75, 3.05) is 26.1 Å². The Hall–Kier alpha value is -3.04. The lowest BCUT2D eigenvalue weighted by Crippen LogP contribution is -2.27. The number of thiophene rings is 1. The molecule has 1 N–H and O–H groups in total. The minimum Gasteiger partial charge on any atom is -0.496 e. The first-order valence-electron chi connectivity index (χ1n) is 9.92. The molecule has 1 aliphatic rings. The van der Waals surface area contributed by atoms with Crippen LogP contribution in [0.4, 0.5) is 10.0 Å². The second-order valence-electron chi connectivity index (χ2n) is 8.52. The molecule has 4 rings (SSSR count). The number of fused-ring (bicyclic) bond motifs is 1. The number of aromatic nitrogens is 3. The van der Waals surface area contributed by atoms with Crippen molar-refractivity contribution in [2.45, 2.75) is 27.4 Å². The highest BCUT2D eigenvalue weighted by Crippen LogP contribution is 2.36. The summed E-state index contributed by atoms with van der Waals surface area (Å²) in [5.41, 5.74) is 2.80. The monoisotopic (exact) mass is 438 g/mol. The third-order valence-electron chi connectivity index (χ3n) is 4.91. The van der Waals surface area contributed by atoms with Crippen molar-refractivity contribution in [1.29, 1.82) is 0 Å². The summed E-state index contributed by atoms with van der Waals surface area (Å²) >= 11 is 1.61. The molecule has 1 aliphatic heterocycles. The van der Waals surface area contributed by atoms with E-state index >= 15 is 0 Å². The number of ether oxygens (including phenoxy) is 1. The van der Waals surface area contributed by atoms with Gasteiger partial charge < -0.3 is 14.7 Å². The summed E-state index contributed by atoms with van der Waals surface area (Å²) in [6.07, 6.45) is 0. The van der Waals surface area contributed by atoms with Crippen LogP contribution in [0.1, 0.15) is 32.2 Å². The standard InChI is InChI=1S/C22H26N6O2S/c1-22(2,3)19-18(23-16-9-10-17(31-16)27(4)5)21-25-24-20(28(21)26-19)14-11-13(12-29)7-8-15(14)30-6/h7-11,29H,12H2,1-6H3. The average Bonchev–Trinajstić information content (AvgIpc) is 3.43. The molecule has 31 heavy (non-hydrogen) atoms. The predicted octanol–water partition coefficient (Wildman–Crippen LogP) is 3.96. The van der Waals surface area contributed by atoms with E-state index in [2.05, 4.69) is 35.9 Å². The lowest BCUT2D eigenvalue weighted by molar-refractivity contribution is 0.281. The molecule has 0 radical (unpaired) electrons. The Morgan fingerprint density at radius 1 is 1.13 bits per heavy atom. The molecule has 8 nitrogen and oxygen atoms in total. The van der Waals surface area contributed by atoms with Gasteiger partial charge in [-0.2, -0.15) is 9.78 Å². The number of methoxy groups -OCH3 is 1. The largest absolute Gasteiger partial charge is 0.496 e. The van der Waals surface area contributed by atoms with E-state index in [-0.39, 0.29) is 12.0 Å². The number of benzene rings is 1. The Morgan fingerprint density at radius 3 is 2.48 bits per heavy atom. The summed E-state index contributed by atoms with van der Waals surface area (Å²) in [5.74, 6) is 1.78. The van der Waals surface area contributed by atoms with E-state index in [1.165, 1.54) is 0 Å². The second kappa shape index (κ2) is 7.90. The Balaban J connectivity index is 1.87. The lowest BCUT2D eigenvalue weighted by Gasteiger charge is -2.17. The zero-order chi connectivity index (χ0) is 22.3. The molecular weight excluding hydrogens is 412 g/mol. The Morgan fingerprint density at radius 2 is 1.87 bits per heavy atom. The number of anilines is 1. The quantitative estimate of drug-likeness (QED) is 0.651. The van der Waals surface area contributed by atoms with Crippen LogP contribution in [-0.2, 0) is 6.61 Å². The first-order valence-corrected chi connectivity index (χ1v) is 10.7. The van der Waals surface area contributed by atoms with E-state index in [9.17, 15) is 5.11 Å². The minimum atomic E-state index is -0.241. The van der Waals surface area contributed by atoms with E-state index in [0.29, 0.717) is 17.4 Å². The molecule has 0 bridgehead atoms. The molecule has 1 aromatic carbocycles. The molecule has 0 fully saturated rings. The first-order chi connectivity index (χ1) is 14.7. The highest BCUT2D eigenvalue weighted by Gasteiger charge is 2.36. The van der Waals surface area contributed by atoms with Crippen LogP contribution in [0, 0.1) is 5.41 Å². The van der Waals surface area contributed by atoms with Gasteiger partial charge in [-0.1, -0.05) is 38.2 Å². The zero-order valence-corrected chi connectivity index (χ0v) is 19.4. The summed E-state index contributed by atoms with van der Waals surface area (Å²) in [6.45, 7) is 6.24. The number of hydrogen-bond donors (Lipinski definition) is 1. The highest BCUT2D eigenvalue weighted by atomic mass is 32.1. The van der Waals surface area contributed by atoms with Gasteiger partial charge in [0.15, 0.2) is 5.82 Å². The number of aliphatic hydroxyl groups is 1. The van der Waals surface area contributed by atoms with Crippen molar-refractivity contribution < 1.29 is 9.84 Å². The molecule has 0 spiro atoms. The van der Waals surface area contributed by atoms with Crippen LogP contribution in [0.5, 0.6) is 5.75 Å². The van der Waals surface area contributed by atoms with Gasteiger partial charge in [-0.15, -0.1) is 10.2 Å². The fourth-order valence-electron chi connectivity index (χ4n) is 3.31. The first kappa shape index (κ1) is 21.2. The van der Waals surface area contributed by atoms with E-state index < -0.39 is 0 Å². The maximum Gasteiger partial charge on any atom is 0.205 e. The van der Waals surface area contributed by atoms with Gasteiger partial charge in [0.25, 0.3) is 0 Å². The van der Waals surface area contributed by atoms with Crippen molar-refractivity contribution in [1.82, 2.24) is 14.9 Å². The molecule has 9 heteroatoms. The van der Waals surface area contributed by atoms with E-state index in [4.69, 9.17) is 14.8 Å². The van der Waals surface area contributed by atoms with Gasteiger partial charge in [0.05, 0.1) is 30.0 Å². The van der Waals surface area contributed by atoms with E-state index in [0.717, 1.165) is 32.6 Å². The fraction of sp³-hybridized carbons (Fsp3) is 0.364. The van der Waals surface area contributed by atoms with Crippen LogP contribution in [0.2, 0.25) is 0 Å². The summed E-state index contributed by atoms with van der Waals surface area (Å²) in [7, 11) is 5.63. The van der Waals surface area contributed by atoms with Crippen LogP contribution < -0.4 is 9.64 Å². The molecule has 2 aromatic heterocycles. The number of aliphatic hydroxyl groups excluding tert-OH is 1. The Kier molecular flexibility index (Phi) is 5.40. The third-order valence-corrected chi connectivity index (χ3v) is 6.06. The van der Waals surface area contributed by atoms with Crippen LogP contribution in [0.15, 0.2) is 40.4 Å². The van der Waals surface area contributed by atoms with Crippen molar-refractivity contribution in [3.63, 3.8) is 0 Å². The van der Waals surface area contributed by atoms with Gasteiger partial charge in [0.1, 0.15) is 16.5 Å². The Labute approximate surface area is 185 Å². The molecule has 0 amide bonds. The van der Waals surface area contributed by atoms with E-state index in [1.54, 1.807) is 23.1 Å². The topological polar surface area (TPSA) is 88.1 Å². The molecule has 0 saturated heterocycles. The van der Waals surface area contributed by atoms with Crippen molar-refractivity contribution in [3.8, 4) is 17.1 Å². The predicted molar refractivity (Wildman–Crippen MR) is 125 cm³/mol. The number of nitrogens with zero attached hydrogens (tertiary/aromatic N) is 6. The van der Waals surface area contributed by atoms with E-state index in [1.807, 2.05) is 44.4 Å². The van der Waals surface area contributed by atoms with Crippen LogP contribution in [-0.4, -0.2) is 52.6 Å². The molecule has 3 heterocycles. The summed E-state index contributed by atoms with van der Waals surface area (Å²) in [5, 5.41) is 25.3. The second-order valence-corrected chi connectivity index (χ2v) is 9.56. The normalized spacial score (nSPS) is 14.7. The SMILES string of the molecule is COc1ccc(CO)cc1-c1nnc2n1N=C(C(C)(C)C)C2=Nc1ccc(N(C)C)s1. The van der Waals surface area contributed by atoms with Crippen molar-refractivity contribution in [3.05, 3.63) is 41.7 Å². The van der Waals surface area contributed by atoms with Crippen molar-refractivity contribution >= 4 is 32.8 Å². The number of rotatable bonds is 5. The van der Waals surface area contributed by atoms with Gasteiger partial charge in [-0.3, -0.25) is 0 Å². The van der Waals surface area contributed by atoms with Gasteiger partial charge in [-0.25, -0.2) is 4.99 Å². The average molecular weight is 439 g/mol. The Bertz CT molecular complexity index is 1180. The smallest absolute Gasteiger partial charge is 0.205 e. The summed E-state index contributed by atoms with van der Waals surface area (Å²) in [4.78, 5) is 6.98. The summed E-state index contributed by atoms with van der Waals surface area (Å²) in [6, 6.07) is 9.53. The maximum absolute atomic E-state index is 9.58. The summed E-state index contributed by atoms with van der Waals surface area (Å²) < 4.78 is 7.25. The molecule has 3 aromatic rings. The third kappa shape index (κ3) is 3.86. The van der Waals surface area contributed by atoms with Gasteiger partial charge >= 0.3 is 0 Å². The van der Waals surface area contributed by atoms with Crippen LogP contribution >= 0.6 is 11.3 Å². The van der Waals surface area contributed by atoms with Gasteiger partial charge in [0, 0.05) is 19.5 Å². The molecule has 0 unspecified atom stereocenters. The fourth-order valence-corrected chi connectivity index (χ4v) is 4.11. The molecular formula is C22H26N6O2S.